The van der Waals surface area contributed by atoms with Gasteiger partial charge in [0.2, 0.25) is 5.91 Å². The third-order valence-electron chi connectivity index (χ3n) is 4.57. The molecule has 152 valence electrons. The minimum absolute atomic E-state index is 0.00880. The normalized spacial score (nSPS) is 13.7. The molecule has 9 heteroatoms. The molecule has 1 saturated heterocycles. The predicted octanol–water partition coefficient (Wildman–Crippen LogP) is 2.25. The largest absolute Gasteiger partial charge is 0.475 e. The summed E-state index contributed by atoms with van der Waals surface area (Å²) in [4.78, 5) is 37.7. The fourth-order valence-electron chi connectivity index (χ4n) is 3.03. The molecular weight excluding hydrogens is 378 g/mol. The van der Waals surface area contributed by atoms with Crippen LogP contribution in [0.4, 0.5) is 11.4 Å². The number of carbonyl (C=O) groups is 2. The summed E-state index contributed by atoms with van der Waals surface area (Å²) in [6, 6.07) is 12.9. The van der Waals surface area contributed by atoms with Gasteiger partial charge < -0.3 is 19.3 Å². The lowest BCUT2D eigenvalue weighted by atomic mass is 10.2. The van der Waals surface area contributed by atoms with Crippen molar-refractivity contribution in [3.05, 3.63) is 58.6 Å². The minimum atomic E-state index is -0.661. The highest BCUT2D eigenvalue weighted by Crippen LogP contribution is 2.26. The predicted molar refractivity (Wildman–Crippen MR) is 105 cm³/mol. The number of nitro benzene ring substituents is 1. The molecule has 3 rings (SSSR count). The molecule has 0 saturated carbocycles. The van der Waals surface area contributed by atoms with Crippen molar-refractivity contribution in [2.45, 2.75) is 6.92 Å². The lowest BCUT2D eigenvalue weighted by Gasteiger charge is -2.35. The molecule has 1 aliphatic rings. The second kappa shape index (κ2) is 9.05. The molecule has 1 fully saturated rings. The van der Waals surface area contributed by atoms with Crippen LogP contribution in [0.2, 0.25) is 0 Å². The third kappa shape index (κ3) is 5.22. The zero-order valence-electron chi connectivity index (χ0n) is 15.9. The molecule has 0 aromatic heterocycles. The van der Waals surface area contributed by atoms with Crippen LogP contribution >= 0.6 is 0 Å². The fraction of sp³-hybridized carbons (Fsp3) is 0.300. The van der Waals surface area contributed by atoms with Crippen LogP contribution in [0.1, 0.15) is 6.92 Å². The number of hydrogen-bond acceptors (Lipinski definition) is 7. The Bertz CT molecular complexity index is 891. The van der Waals surface area contributed by atoms with Crippen LogP contribution in [0.15, 0.2) is 48.5 Å². The molecule has 0 N–H and O–H groups in total. The molecule has 1 heterocycles. The number of rotatable bonds is 6. The van der Waals surface area contributed by atoms with Gasteiger partial charge in [0.15, 0.2) is 12.4 Å². The molecule has 9 nitrogen and oxygen atoms in total. The van der Waals surface area contributed by atoms with E-state index < -0.39 is 17.5 Å². The van der Waals surface area contributed by atoms with E-state index in [4.69, 9.17) is 9.47 Å². The number of esters is 1. The van der Waals surface area contributed by atoms with Gasteiger partial charge >= 0.3 is 11.7 Å². The van der Waals surface area contributed by atoms with Crippen molar-refractivity contribution >= 4 is 23.3 Å². The summed E-state index contributed by atoms with van der Waals surface area (Å²) < 4.78 is 10.4. The lowest BCUT2D eigenvalue weighted by molar-refractivity contribution is -0.385. The minimum Gasteiger partial charge on any atom is -0.475 e. The average molecular weight is 399 g/mol. The van der Waals surface area contributed by atoms with Crippen molar-refractivity contribution in [2.24, 2.45) is 0 Å². The van der Waals surface area contributed by atoms with Gasteiger partial charge in [0.25, 0.3) is 0 Å². The molecule has 1 amide bonds. The van der Waals surface area contributed by atoms with E-state index in [-0.39, 0.29) is 17.3 Å². The van der Waals surface area contributed by atoms with Crippen LogP contribution in [0.3, 0.4) is 0 Å². The molecule has 1 aliphatic heterocycles. The van der Waals surface area contributed by atoms with E-state index in [1.165, 1.54) is 18.2 Å². The number of piperazine rings is 1. The van der Waals surface area contributed by atoms with Crippen molar-refractivity contribution < 1.29 is 24.0 Å². The van der Waals surface area contributed by atoms with E-state index in [2.05, 4.69) is 4.90 Å². The number of amides is 1. The van der Waals surface area contributed by atoms with Gasteiger partial charge in [-0.05, 0) is 30.3 Å². The Morgan fingerprint density at radius 1 is 1.03 bits per heavy atom. The highest BCUT2D eigenvalue weighted by Gasteiger charge is 2.19. The molecule has 0 atom stereocenters. The summed E-state index contributed by atoms with van der Waals surface area (Å²) in [6.07, 6.45) is 0. The van der Waals surface area contributed by atoms with Crippen molar-refractivity contribution in [3.63, 3.8) is 0 Å². The quantitative estimate of drug-likeness (QED) is 0.318. The summed E-state index contributed by atoms with van der Waals surface area (Å²) in [6.45, 7) is 3.95. The number of carbonyl (C=O) groups excluding carboxylic acids is 2. The van der Waals surface area contributed by atoms with Crippen LogP contribution in [0, 0.1) is 10.1 Å². The zero-order valence-corrected chi connectivity index (χ0v) is 15.9. The Labute approximate surface area is 167 Å². The van der Waals surface area contributed by atoms with Crippen LogP contribution in [0.5, 0.6) is 11.5 Å². The first-order valence-electron chi connectivity index (χ1n) is 9.11. The van der Waals surface area contributed by atoms with Crippen molar-refractivity contribution in [2.75, 3.05) is 37.7 Å². The highest BCUT2D eigenvalue weighted by molar-refractivity contribution is 5.74. The van der Waals surface area contributed by atoms with Gasteiger partial charge in [-0.2, -0.15) is 0 Å². The van der Waals surface area contributed by atoms with E-state index in [1.54, 1.807) is 25.1 Å². The molecule has 0 spiro atoms. The maximum Gasteiger partial charge on any atom is 0.349 e. The van der Waals surface area contributed by atoms with Gasteiger partial charge in [0.05, 0.1) is 4.92 Å². The Morgan fingerprint density at radius 2 is 1.69 bits per heavy atom. The number of anilines is 1. The van der Waals surface area contributed by atoms with E-state index >= 15 is 0 Å². The number of nitrogens with zero attached hydrogens (tertiary/aromatic N) is 3. The summed E-state index contributed by atoms with van der Waals surface area (Å²) in [5.74, 6) is -0.220. The van der Waals surface area contributed by atoms with Gasteiger partial charge in [0.1, 0.15) is 5.75 Å². The standard InChI is InChI=1S/C20H21N3O6/c1-15(24)21-10-12-22(13-11-21)16-6-8-17(9-7-16)29-20(25)14-28-19-5-3-2-4-18(19)23(26)27/h2-9H,10-14H2,1H3. The Kier molecular flexibility index (Phi) is 6.28. The number of nitro groups is 1. The van der Waals surface area contributed by atoms with Crippen LogP contribution in [-0.4, -0.2) is 54.5 Å². The van der Waals surface area contributed by atoms with E-state index in [9.17, 15) is 19.7 Å². The Hall–Kier alpha value is -3.62. The van der Waals surface area contributed by atoms with Gasteiger partial charge in [-0.15, -0.1) is 0 Å². The number of ether oxygens (including phenoxy) is 2. The summed E-state index contributed by atoms with van der Waals surface area (Å²) in [5.41, 5.74) is 0.763. The molecular formula is C20H21N3O6. The van der Waals surface area contributed by atoms with Crippen LogP contribution in [-0.2, 0) is 9.59 Å². The van der Waals surface area contributed by atoms with Gasteiger partial charge in [-0.25, -0.2) is 4.79 Å². The topological polar surface area (TPSA) is 102 Å². The van der Waals surface area contributed by atoms with Crippen molar-refractivity contribution in [3.8, 4) is 11.5 Å². The van der Waals surface area contributed by atoms with Crippen molar-refractivity contribution in [1.82, 2.24) is 4.90 Å². The smallest absolute Gasteiger partial charge is 0.349 e. The molecule has 0 radical (unpaired) electrons. The third-order valence-corrected chi connectivity index (χ3v) is 4.57. The van der Waals surface area contributed by atoms with E-state index in [1.807, 2.05) is 17.0 Å². The monoisotopic (exact) mass is 399 g/mol. The fourth-order valence-corrected chi connectivity index (χ4v) is 3.03. The molecule has 0 unspecified atom stereocenters. The summed E-state index contributed by atoms with van der Waals surface area (Å²) in [7, 11) is 0. The Balaban J connectivity index is 1.52. The van der Waals surface area contributed by atoms with Crippen molar-refractivity contribution in [1.29, 1.82) is 0 Å². The lowest BCUT2D eigenvalue weighted by Crippen LogP contribution is -2.48. The molecule has 29 heavy (non-hydrogen) atoms. The first-order chi connectivity index (χ1) is 13.9. The SMILES string of the molecule is CC(=O)N1CCN(c2ccc(OC(=O)COc3ccccc3[N+](=O)[O-])cc2)CC1. The first kappa shape index (κ1) is 20.1. The average Bonchev–Trinajstić information content (AvgIpc) is 2.73. The second-order valence-corrected chi connectivity index (χ2v) is 6.47. The second-order valence-electron chi connectivity index (χ2n) is 6.47. The number of para-hydroxylation sites is 2. The summed E-state index contributed by atoms with van der Waals surface area (Å²) in [5, 5.41) is 11.0. The number of benzene rings is 2. The van der Waals surface area contributed by atoms with Gasteiger partial charge in [0, 0.05) is 44.9 Å². The maximum absolute atomic E-state index is 12.0. The Morgan fingerprint density at radius 3 is 2.31 bits per heavy atom. The molecule has 0 aliphatic carbocycles. The van der Waals surface area contributed by atoms with Crippen LogP contribution < -0.4 is 14.4 Å². The van der Waals surface area contributed by atoms with Gasteiger partial charge in [-0.1, -0.05) is 12.1 Å². The maximum atomic E-state index is 12.0. The summed E-state index contributed by atoms with van der Waals surface area (Å²) >= 11 is 0. The van der Waals surface area contributed by atoms with E-state index in [0.717, 1.165) is 18.8 Å². The zero-order chi connectivity index (χ0) is 20.8. The highest BCUT2D eigenvalue weighted by atomic mass is 16.6. The molecule has 0 bridgehead atoms. The molecule has 2 aromatic carbocycles. The van der Waals surface area contributed by atoms with E-state index in [0.29, 0.717) is 18.8 Å². The number of hydrogen-bond donors (Lipinski definition) is 0. The van der Waals surface area contributed by atoms with Gasteiger partial charge in [-0.3, -0.25) is 14.9 Å². The first-order valence-corrected chi connectivity index (χ1v) is 9.11. The molecule has 2 aromatic rings. The van der Waals surface area contributed by atoms with Crippen LogP contribution in [0.25, 0.3) is 0 Å².